The number of nitrogens with one attached hydrogen (secondary N) is 1. The van der Waals surface area contributed by atoms with Crippen LogP contribution in [0.3, 0.4) is 0 Å². The molecule has 0 spiro atoms. The number of nitrogens with zero attached hydrogens (tertiary/aromatic N) is 2. The summed E-state index contributed by atoms with van der Waals surface area (Å²) in [6.07, 6.45) is 1.53. The highest BCUT2D eigenvalue weighted by Crippen LogP contribution is 2.31. The number of pyridine rings is 1. The van der Waals surface area contributed by atoms with Crippen LogP contribution in [0.25, 0.3) is 0 Å². The predicted molar refractivity (Wildman–Crippen MR) is 98.1 cm³/mol. The number of hydrogen-bond acceptors (Lipinski definition) is 5. The van der Waals surface area contributed by atoms with Crippen molar-refractivity contribution < 1.29 is 27.4 Å². The molecule has 1 saturated heterocycles. The van der Waals surface area contributed by atoms with Gasteiger partial charge in [0.25, 0.3) is 0 Å². The molecule has 0 radical (unpaired) electrons. The summed E-state index contributed by atoms with van der Waals surface area (Å²) < 4.78 is 46.7. The van der Waals surface area contributed by atoms with E-state index in [0.717, 1.165) is 57.2 Å². The molecule has 1 saturated carbocycles. The fourth-order valence-electron chi connectivity index (χ4n) is 4.59. The van der Waals surface area contributed by atoms with Gasteiger partial charge < -0.3 is 19.7 Å². The summed E-state index contributed by atoms with van der Waals surface area (Å²) in [6, 6.07) is 2.15. The quantitative estimate of drug-likeness (QED) is 0.823. The van der Waals surface area contributed by atoms with Gasteiger partial charge in [-0.2, -0.15) is 0 Å². The second kappa shape index (κ2) is 8.47. The number of halogens is 3. The maximum Gasteiger partial charge on any atom is 0.573 e. The van der Waals surface area contributed by atoms with Crippen molar-refractivity contribution in [3.05, 3.63) is 23.5 Å². The zero-order valence-corrected chi connectivity index (χ0v) is 16.2. The predicted octanol–water partition coefficient (Wildman–Crippen LogP) is 2.80. The van der Waals surface area contributed by atoms with E-state index in [-0.39, 0.29) is 24.1 Å². The average molecular weight is 413 g/mol. The summed E-state index contributed by atoms with van der Waals surface area (Å²) in [6.45, 7) is 2.40. The molecule has 1 N–H and O–H groups in total. The third kappa shape index (κ3) is 5.19. The number of carbonyl (C=O) groups excluding carboxylic acids is 1. The summed E-state index contributed by atoms with van der Waals surface area (Å²) in [5, 5.41) is 3.67. The molecule has 1 aromatic heterocycles. The number of ether oxygens (including phenoxy) is 2. The maximum absolute atomic E-state index is 13.0. The van der Waals surface area contributed by atoms with Crippen LogP contribution in [-0.4, -0.2) is 54.0 Å². The Hall–Kier alpha value is -1.87. The molecular weight excluding hydrogens is 387 g/mol. The molecule has 4 rings (SSSR count). The molecule has 9 heteroatoms. The molecule has 160 valence electrons. The first-order valence-corrected chi connectivity index (χ1v) is 10.2. The first-order chi connectivity index (χ1) is 13.9. The third-order valence-corrected chi connectivity index (χ3v) is 6.03. The van der Waals surface area contributed by atoms with Crippen LogP contribution in [0.1, 0.15) is 43.4 Å². The molecule has 1 amide bonds. The van der Waals surface area contributed by atoms with Crippen molar-refractivity contribution in [3.63, 3.8) is 0 Å². The van der Waals surface area contributed by atoms with Gasteiger partial charge in [-0.3, -0.25) is 9.78 Å². The summed E-state index contributed by atoms with van der Waals surface area (Å²) in [5.74, 6) is -0.280. The summed E-state index contributed by atoms with van der Waals surface area (Å²) in [5.41, 5.74) is 1.36. The van der Waals surface area contributed by atoms with E-state index in [4.69, 9.17) is 4.74 Å². The molecule has 1 aromatic rings. The van der Waals surface area contributed by atoms with Gasteiger partial charge in [0, 0.05) is 56.4 Å². The van der Waals surface area contributed by atoms with Crippen LogP contribution in [0.4, 0.5) is 13.2 Å². The Kier molecular flexibility index (Phi) is 5.96. The van der Waals surface area contributed by atoms with E-state index < -0.39 is 6.36 Å². The van der Waals surface area contributed by atoms with Gasteiger partial charge in [-0.15, -0.1) is 13.2 Å². The Morgan fingerprint density at radius 1 is 1.21 bits per heavy atom. The lowest BCUT2D eigenvalue weighted by molar-refractivity contribution is -0.274. The van der Waals surface area contributed by atoms with Gasteiger partial charge in [-0.1, -0.05) is 0 Å². The minimum absolute atomic E-state index is 0.0311. The Morgan fingerprint density at radius 3 is 2.76 bits per heavy atom. The van der Waals surface area contributed by atoms with Crippen molar-refractivity contribution in [2.75, 3.05) is 19.8 Å². The number of aromatic nitrogens is 1. The SMILES string of the molecule is O=C(C1CCC(NC2CCOCC2)C1)N1CCc2ncc(OC(F)(F)F)cc2C1. The van der Waals surface area contributed by atoms with Crippen LogP contribution in [-0.2, 0) is 22.5 Å². The van der Waals surface area contributed by atoms with Gasteiger partial charge in [-0.05, 0) is 43.7 Å². The van der Waals surface area contributed by atoms with Gasteiger partial charge in [0.05, 0.1) is 6.20 Å². The molecule has 2 atom stereocenters. The monoisotopic (exact) mass is 413 g/mol. The van der Waals surface area contributed by atoms with Crippen LogP contribution < -0.4 is 10.1 Å². The zero-order chi connectivity index (χ0) is 20.4. The van der Waals surface area contributed by atoms with Crippen molar-refractivity contribution in [1.82, 2.24) is 15.2 Å². The number of amides is 1. The Morgan fingerprint density at radius 2 is 2.00 bits per heavy atom. The van der Waals surface area contributed by atoms with E-state index in [1.807, 2.05) is 0 Å². The van der Waals surface area contributed by atoms with Gasteiger partial charge in [0.2, 0.25) is 5.91 Å². The molecule has 29 heavy (non-hydrogen) atoms. The second-order valence-corrected chi connectivity index (χ2v) is 8.09. The van der Waals surface area contributed by atoms with Crippen molar-refractivity contribution in [1.29, 1.82) is 0 Å². The molecule has 1 aliphatic carbocycles. The molecule has 2 fully saturated rings. The van der Waals surface area contributed by atoms with Crippen molar-refractivity contribution in [3.8, 4) is 5.75 Å². The molecule has 2 unspecified atom stereocenters. The van der Waals surface area contributed by atoms with Crippen LogP contribution in [0.2, 0.25) is 0 Å². The highest BCUT2D eigenvalue weighted by molar-refractivity contribution is 5.79. The first kappa shape index (κ1) is 20.4. The fourth-order valence-corrected chi connectivity index (χ4v) is 4.59. The van der Waals surface area contributed by atoms with E-state index in [1.165, 1.54) is 6.07 Å². The van der Waals surface area contributed by atoms with E-state index in [0.29, 0.717) is 30.6 Å². The standard InChI is InChI=1S/C20H26F3N3O3/c21-20(22,23)29-17-10-14-12-26(6-3-18(14)24-11-17)19(27)13-1-2-16(9-13)25-15-4-7-28-8-5-15/h10-11,13,15-16,25H,1-9,12H2. The van der Waals surface area contributed by atoms with Crippen LogP contribution in [0, 0.1) is 5.92 Å². The maximum atomic E-state index is 13.0. The van der Waals surface area contributed by atoms with E-state index in [2.05, 4.69) is 15.0 Å². The third-order valence-electron chi connectivity index (χ3n) is 6.03. The minimum atomic E-state index is -4.75. The Labute approximate surface area is 167 Å². The zero-order valence-electron chi connectivity index (χ0n) is 16.2. The fraction of sp³-hybridized carbons (Fsp3) is 0.700. The molecule has 0 aromatic carbocycles. The van der Waals surface area contributed by atoms with Gasteiger partial charge in [0.15, 0.2) is 0 Å². The van der Waals surface area contributed by atoms with Crippen LogP contribution in [0.5, 0.6) is 5.75 Å². The van der Waals surface area contributed by atoms with E-state index >= 15 is 0 Å². The van der Waals surface area contributed by atoms with Crippen molar-refractivity contribution in [2.45, 2.75) is 63.5 Å². The normalized spacial score (nSPS) is 25.7. The average Bonchev–Trinajstić information content (AvgIpc) is 3.15. The number of alkyl halides is 3. The number of fused-ring (bicyclic) bond motifs is 1. The highest BCUT2D eigenvalue weighted by Gasteiger charge is 2.35. The topological polar surface area (TPSA) is 63.7 Å². The number of rotatable bonds is 4. The lowest BCUT2D eigenvalue weighted by Gasteiger charge is -2.31. The van der Waals surface area contributed by atoms with E-state index in [1.54, 1.807) is 4.90 Å². The molecule has 0 bridgehead atoms. The Bertz CT molecular complexity index is 737. The van der Waals surface area contributed by atoms with E-state index in [9.17, 15) is 18.0 Å². The molecular formula is C20H26F3N3O3. The van der Waals surface area contributed by atoms with Gasteiger partial charge >= 0.3 is 6.36 Å². The smallest absolute Gasteiger partial charge is 0.404 e. The van der Waals surface area contributed by atoms with Gasteiger partial charge in [0.1, 0.15) is 5.75 Å². The summed E-state index contributed by atoms with van der Waals surface area (Å²) >= 11 is 0. The lowest BCUT2D eigenvalue weighted by atomic mass is 10.0. The molecule has 6 nitrogen and oxygen atoms in total. The number of hydrogen-bond donors (Lipinski definition) is 1. The number of carbonyl (C=O) groups is 1. The van der Waals surface area contributed by atoms with Crippen molar-refractivity contribution >= 4 is 5.91 Å². The largest absolute Gasteiger partial charge is 0.573 e. The lowest BCUT2D eigenvalue weighted by Crippen LogP contribution is -2.42. The van der Waals surface area contributed by atoms with Crippen LogP contribution in [0.15, 0.2) is 12.3 Å². The second-order valence-electron chi connectivity index (χ2n) is 8.09. The summed E-state index contributed by atoms with van der Waals surface area (Å²) in [7, 11) is 0. The Balaban J connectivity index is 1.34. The highest BCUT2D eigenvalue weighted by atomic mass is 19.4. The minimum Gasteiger partial charge on any atom is -0.404 e. The molecule has 2 aliphatic heterocycles. The molecule has 3 heterocycles. The first-order valence-electron chi connectivity index (χ1n) is 10.2. The molecule has 3 aliphatic rings. The van der Waals surface area contributed by atoms with Gasteiger partial charge in [-0.25, -0.2) is 0 Å². The van der Waals surface area contributed by atoms with Crippen molar-refractivity contribution in [2.24, 2.45) is 5.92 Å². The van der Waals surface area contributed by atoms with Crippen LogP contribution >= 0.6 is 0 Å². The summed E-state index contributed by atoms with van der Waals surface area (Å²) in [4.78, 5) is 18.8.